The maximum absolute atomic E-state index is 10.5. The maximum Gasteiger partial charge on any atom is 0.0987 e. The lowest BCUT2D eigenvalue weighted by atomic mass is 9.77. The SMILES string of the molecule is C=C(C)C1CCC(C)CC1N=O. The van der Waals surface area contributed by atoms with Gasteiger partial charge in [0.15, 0.2) is 0 Å². The van der Waals surface area contributed by atoms with Gasteiger partial charge in [-0.15, -0.1) is 0 Å². The van der Waals surface area contributed by atoms with Crippen molar-refractivity contribution in [2.75, 3.05) is 0 Å². The molecule has 3 atom stereocenters. The molecule has 3 unspecified atom stereocenters. The molecule has 0 aliphatic heterocycles. The van der Waals surface area contributed by atoms with Crippen LogP contribution in [0, 0.1) is 16.7 Å². The topological polar surface area (TPSA) is 29.4 Å². The minimum absolute atomic E-state index is 0.00810. The molecule has 68 valence electrons. The number of nitroso groups, excluding NO2 is 1. The molecule has 1 aliphatic carbocycles. The molecule has 0 aromatic carbocycles. The second kappa shape index (κ2) is 3.83. The third-order valence-electron chi connectivity index (χ3n) is 2.85. The molecule has 0 bridgehead atoms. The van der Waals surface area contributed by atoms with E-state index >= 15 is 0 Å². The van der Waals surface area contributed by atoms with E-state index in [1.165, 1.54) is 6.42 Å². The van der Waals surface area contributed by atoms with E-state index in [4.69, 9.17) is 0 Å². The molecule has 0 N–H and O–H groups in total. The largest absolute Gasteiger partial charge is 0.150 e. The summed E-state index contributed by atoms with van der Waals surface area (Å²) >= 11 is 0. The Balaban J connectivity index is 2.62. The zero-order chi connectivity index (χ0) is 9.14. The van der Waals surface area contributed by atoms with E-state index in [9.17, 15) is 4.91 Å². The van der Waals surface area contributed by atoms with Gasteiger partial charge in [0.2, 0.25) is 0 Å². The van der Waals surface area contributed by atoms with Gasteiger partial charge in [0, 0.05) is 5.92 Å². The van der Waals surface area contributed by atoms with Crippen LogP contribution in [0.25, 0.3) is 0 Å². The van der Waals surface area contributed by atoms with Crippen molar-refractivity contribution >= 4 is 0 Å². The third kappa shape index (κ3) is 1.93. The molecule has 1 aliphatic rings. The van der Waals surface area contributed by atoms with Gasteiger partial charge in [0.25, 0.3) is 0 Å². The molecule has 0 aromatic heterocycles. The van der Waals surface area contributed by atoms with E-state index in [0.717, 1.165) is 18.4 Å². The summed E-state index contributed by atoms with van der Waals surface area (Å²) in [5.41, 5.74) is 1.12. The molecular formula is C10H17NO. The molecule has 1 saturated carbocycles. The highest BCUT2D eigenvalue weighted by atomic mass is 16.3. The van der Waals surface area contributed by atoms with Crippen LogP contribution in [0.5, 0.6) is 0 Å². The molecule has 2 heteroatoms. The number of hydrogen-bond donors (Lipinski definition) is 0. The van der Waals surface area contributed by atoms with Crippen LogP contribution >= 0.6 is 0 Å². The van der Waals surface area contributed by atoms with Crippen LogP contribution in [0.1, 0.15) is 33.1 Å². The molecule has 0 spiro atoms. The fourth-order valence-corrected chi connectivity index (χ4v) is 2.04. The van der Waals surface area contributed by atoms with Crippen LogP contribution in [0.2, 0.25) is 0 Å². The normalized spacial score (nSPS) is 36.0. The summed E-state index contributed by atoms with van der Waals surface area (Å²) in [5, 5.41) is 3.19. The van der Waals surface area contributed by atoms with Crippen LogP contribution in [0.3, 0.4) is 0 Å². The van der Waals surface area contributed by atoms with Gasteiger partial charge in [0.1, 0.15) is 0 Å². The predicted molar refractivity (Wildman–Crippen MR) is 50.9 cm³/mol. The molecule has 1 fully saturated rings. The van der Waals surface area contributed by atoms with Crippen molar-refractivity contribution in [2.45, 2.75) is 39.2 Å². The van der Waals surface area contributed by atoms with Gasteiger partial charge in [-0.05, 0) is 32.1 Å². The van der Waals surface area contributed by atoms with Gasteiger partial charge in [0.05, 0.1) is 6.04 Å². The quantitative estimate of drug-likeness (QED) is 0.459. The fraction of sp³-hybridized carbons (Fsp3) is 0.800. The second-order valence-electron chi connectivity index (χ2n) is 4.04. The Morgan fingerprint density at radius 1 is 1.50 bits per heavy atom. The molecule has 0 radical (unpaired) electrons. The van der Waals surface area contributed by atoms with Gasteiger partial charge < -0.3 is 0 Å². The minimum atomic E-state index is -0.00810. The van der Waals surface area contributed by atoms with E-state index < -0.39 is 0 Å². The van der Waals surface area contributed by atoms with Crippen molar-refractivity contribution in [3.8, 4) is 0 Å². The smallest absolute Gasteiger partial charge is 0.0987 e. The van der Waals surface area contributed by atoms with E-state index in [1.54, 1.807) is 0 Å². The van der Waals surface area contributed by atoms with Crippen LogP contribution in [-0.2, 0) is 0 Å². The van der Waals surface area contributed by atoms with Gasteiger partial charge in [-0.1, -0.05) is 24.3 Å². The first-order valence-corrected chi connectivity index (χ1v) is 4.63. The van der Waals surface area contributed by atoms with Gasteiger partial charge in [-0.3, -0.25) is 0 Å². The van der Waals surface area contributed by atoms with Crippen LogP contribution < -0.4 is 0 Å². The lowest BCUT2D eigenvalue weighted by Crippen LogP contribution is -2.27. The highest BCUT2D eigenvalue weighted by Crippen LogP contribution is 2.34. The molecular weight excluding hydrogens is 150 g/mol. The Kier molecular flexibility index (Phi) is 3.01. The zero-order valence-corrected chi connectivity index (χ0v) is 7.92. The maximum atomic E-state index is 10.5. The molecule has 0 amide bonds. The Bertz CT molecular complexity index is 188. The molecule has 0 saturated heterocycles. The molecule has 12 heavy (non-hydrogen) atoms. The molecule has 2 nitrogen and oxygen atoms in total. The monoisotopic (exact) mass is 167 g/mol. The fourth-order valence-electron chi connectivity index (χ4n) is 2.04. The van der Waals surface area contributed by atoms with Crippen LogP contribution in [-0.4, -0.2) is 6.04 Å². The summed E-state index contributed by atoms with van der Waals surface area (Å²) in [6.45, 7) is 8.09. The van der Waals surface area contributed by atoms with E-state index in [0.29, 0.717) is 11.8 Å². The number of hydrogen-bond acceptors (Lipinski definition) is 2. The first-order chi connectivity index (χ1) is 5.65. The van der Waals surface area contributed by atoms with Gasteiger partial charge in [-0.25, -0.2) is 0 Å². The van der Waals surface area contributed by atoms with Gasteiger partial charge in [-0.2, -0.15) is 4.91 Å². The Morgan fingerprint density at radius 3 is 2.67 bits per heavy atom. The lowest BCUT2D eigenvalue weighted by molar-refractivity contribution is 0.279. The molecule has 1 rings (SSSR count). The summed E-state index contributed by atoms with van der Waals surface area (Å²) in [6, 6.07) is -0.00810. The summed E-state index contributed by atoms with van der Waals surface area (Å²) in [7, 11) is 0. The van der Waals surface area contributed by atoms with Crippen molar-refractivity contribution < 1.29 is 0 Å². The average molecular weight is 167 g/mol. The average Bonchev–Trinajstić information content (AvgIpc) is 2.03. The minimum Gasteiger partial charge on any atom is -0.150 e. The first kappa shape index (κ1) is 9.43. The Hall–Kier alpha value is -0.660. The van der Waals surface area contributed by atoms with Crippen molar-refractivity contribution in [2.24, 2.45) is 17.0 Å². The summed E-state index contributed by atoms with van der Waals surface area (Å²) in [6.07, 6.45) is 3.25. The van der Waals surface area contributed by atoms with Crippen molar-refractivity contribution in [3.05, 3.63) is 17.1 Å². The summed E-state index contributed by atoms with van der Waals surface area (Å²) in [4.78, 5) is 10.5. The number of nitrogens with zero attached hydrogens (tertiary/aromatic N) is 1. The second-order valence-corrected chi connectivity index (χ2v) is 4.04. The molecule has 0 heterocycles. The van der Waals surface area contributed by atoms with Crippen molar-refractivity contribution in [1.29, 1.82) is 0 Å². The lowest BCUT2D eigenvalue weighted by Gasteiger charge is -2.30. The molecule has 0 aromatic rings. The van der Waals surface area contributed by atoms with E-state index in [2.05, 4.69) is 18.7 Å². The van der Waals surface area contributed by atoms with Crippen molar-refractivity contribution in [3.63, 3.8) is 0 Å². The summed E-state index contributed by atoms with van der Waals surface area (Å²) < 4.78 is 0. The van der Waals surface area contributed by atoms with Crippen LogP contribution in [0.4, 0.5) is 0 Å². The van der Waals surface area contributed by atoms with Crippen LogP contribution in [0.15, 0.2) is 17.3 Å². The van der Waals surface area contributed by atoms with E-state index in [-0.39, 0.29) is 6.04 Å². The standard InChI is InChI=1S/C10H17NO/c1-7(2)9-5-4-8(3)6-10(9)11-12/h8-10H,1,4-6H2,2-3H3. The highest BCUT2D eigenvalue weighted by molar-refractivity contribution is 5.03. The Morgan fingerprint density at radius 2 is 2.17 bits per heavy atom. The van der Waals surface area contributed by atoms with Crippen molar-refractivity contribution in [1.82, 2.24) is 0 Å². The predicted octanol–water partition coefficient (Wildman–Crippen LogP) is 3.13. The zero-order valence-electron chi connectivity index (χ0n) is 7.92. The van der Waals surface area contributed by atoms with E-state index in [1.807, 2.05) is 6.92 Å². The summed E-state index contributed by atoms with van der Waals surface area (Å²) in [5.74, 6) is 1.00. The van der Waals surface area contributed by atoms with Gasteiger partial charge >= 0.3 is 0 Å². The third-order valence-corrected chi connectivity index (χ3v) is 2.85. The number of rotatable bonds is 2. The first-order valence-electron chi connectivity index (χ1n) is 4.63. The Labute approximate surface area is 74.0 Å². The highest BCUT2D eigenvalue weighted by Gasteiger charge is 2.29.